The summed E-state index contributed by atoms with van der Waals surface area (Å²) < 4.78 is 66.6. The van der Waals surface area contributed by atoms with Gasteiger partial charge in [0.1, 0.15) is 6.54 Å². The van der Waals surface area contributed by atoms with E-state index in [0.717, 1.165) is 6.07 Å². The molecular weight excluding hydrogens is 613 g/mol. The topological polar surface area (TPSA) is 149 Å². The molecule has 1 amide bonds. The molecule has 14 heteroatoms. The van der Waals surface area contributed by atoms with Crippen molar-refractivity contribution in [3.05, 3.63) is 99.7 Å². The number of nitrogens with one attached hydrogen (secondary N) is 1. The summed E-state index contributed by atoms with van der Waals surface area (Å²) in [6.45, 7) is 0.213. The molecule has 4 rings (SSSR count). The van der Waals surface area contributed by atoms with Crippen molar-refractivity contribution < 1.29 is 46.8 Å². The maximum atomic E-state index is 13.7. The average molecular weight is 641 g/mol. The van der Waals surface area contributed by atoms with Crippen molar-refractivity contribution in [1.82, 2.24) is 9.88 Å². The molecule has 0 fully saturated rings. The van der Waals surface area contributed by atoms with Crippen molar-refractivity contribution in [3.63, 3.8) is 0 Å². The lowest BCUT2D eigenvalue weighted by molar-refractivity contribution is -0.318. The molecule has 4 aromatic rings. The molecule has 0 spiro atoms. The third-order valence-electron chi connectivity index (χ3n) is 6.88. The van der Waals surface area contributed by atoms with Crippen LogP contribution in [0.25, 0.3) is 10.9 Å². The number of halogens is 4. The van der Waals surface area contributed by atoms with Gasteiger partial charge in [-0.15, -0.1) is 0 Å². The highest BCUT2D eigenvalue weighted by molar-refractivity contribution is 7.91. The summed E-state index contributed by atoms with van der Waals surface area (Å²) in [5.41, 5.74) is -0.0868. The van der Waals surface area contributed by atoms with Gasteiger partial charge in [-0.2, -0.15) is 13.2 Å². The molecule has 0 bridgehead atoms. The van der Waals surface area contributed by atoms with Crippen LogP contribution in [-0.4, -0.2) is 57.7 Å². The molecular formula is C29H28ClF3N2O7S. The van der Waals surface area contributed by atoms with Gasteiger partial charge in [0, 0.05) is 33.6 Å². The highest BCUT2D eigenvalue weighted by Gasteiger charge is 2.34. The monoisotopic (exact) mass is 640 g/mol. The summed E-state index contributed by atoms with van der Waals surface area (Å²) in [5.74, 6) is -3.89. The molecule has 43 heavy (non-hydrogen) atoms. The maximum absolute atomic E-state index is 13.7. The van der Waals surface area contributed by atoms with E-state index in [2.05, 4.69) is 5.32 Å². The number of aliphatic hydroxyl groups is 4. The first-order chi connectivity index (χ1) is 20.0. The van der Waals surface area contributed by atoms with E-state index in [9.17, 15) is 46.8 Å². The molecule has 1 heterocycles. The average Bonchev–Trinajstić information content (AvgIpc) is 3.26. The fraction of sp³-hybridized carbons (Fsp3) is 0.276. The van der Waals surface area contributed by atoms with Crippen LogP contribution in [0, 0.1) is 0 Å². The van der Waals surface area contributed by atoms with Crippen LogP contribution >= 0.6 is 11.6 Å². The Balaban J connectivity index is 1.67. The number of sulfone groups is 1. The molecule has 1 atom stereocenters. The summed E-state index contributed by atoms with van der Waals surface area (Å²) in [4.78, 5) is 13.2. The van der Waals surface area contributed by atoms with Crippen LogP contribution in [0.3, 0.4) is 0 Å². The molecule has 0 saturated carbocycles. The van der Waals surface area contributed by atoms with E-state index in [0.29, 0.717) is 16.5 Å². The lowest BCUT2D eigenvalue weighted by Gasteiger charge is -2.20. The zero-order valence-electron chi connectivity index (χ0n) is 22.6. The fourth-order valence-corrected chi connectivity index (χ4v) is 5.78. The predicted octanol–water partition coefficient (Wildman–Crippen LogP) is 3.79. The maximum Gasteiger partial charge on any atom is 0.416 e. The van der Waals surface area contributed by atoms with Gasteiger partial charge >= 0.3 is 6.18 Å². The van der Waals surface area contributed by atoms with Crippen molar-refractivity contribution in [1.29, 1.82) is 0 Å². The molecule has 0 aliphatic rings. The standard InChI is InChI=1S/C29H28ClF3N2O7S/c1-2-43(41,42)23-8-4-17(5-9-23)25(15-36)34-27(37)19-6-10-26-20(11-19)13-22(35(26)16-28(38,39)40)12-18-3-7-21(30)14-24(18)29(31,32)33/h3-11,13-14,25,36,38-40H,2,12,15-16H2,1H3,(H,34,37). The highest BCUT2D eigenvalue weighted by atomic mass is 35.5. The van der Waals surface area contributed by atoms with Gasteiger partial charge in [-0.3, -0.25) is 4.79 Å². The van der Waals surface area contributed by atoms with Crippen LogP contribution in [0.15, 0.2) is 71.6 Å². The largest absolute Gasteiger partial charge is 0.416 e. The SMILES string of the molecule is CCS(=O)(=O)c1ccc(C(CO)NC(=O)c2ccc3c(c2)cc(Cc2ccc(Cl)cc2C(F)(F)F)n3CC(O)(O)O)cc1. The lowest BCUT2D eigenvalue weighted by Crippen LogP contribution is -2.33. The minimum absolute atomic E-state index is 0.0858. The van der Waals surface area contributed by atoms with Crippen molar-refractivity contribution in [3.8, 4) is 0 Å². The number of aliphatic hydroxyl groups excluding tert-OH is 1. The Morgan fingerprint density at radius 1 is 1.00 bits per heavy atom. The number of carbonyl (C=O) groups is 1. The van der Waals surface area contributed by atoms with Crippen molar-refractivity contribution in [2.45, 2.75) is 43.0 Å². The van der Waals surface area contributed by atoms with E-state index >= 15 is 0 Å². The summed E-state index contributed by atoms with van der Waals surface area (Å²) in [5, 5.41) is 41.9. The number of benzene rings is 3. The van der Waals surface area contributed by atoms with Gasteiger partial charge in [0.2, 0.25) is 0 Å². The Kier molecular flexibility index (Phi) is 9.26. The van der Waals surface area contributed by atoms with E-state index in [1.807, 2.05) is 0 Å². The number of carbonyl (C=O) groups excluding carboxylic acids is 1. The Bertz CT molecular complexity index is 1750. The third kappa shape index (κ3) is 7.55. The summed E-state index contributed by atoms with van der Waals surface area (Å²) >= 11 is 5.79. The highest BCUT2D eigenvalue weighted by Crippen LogP contribution is 2.35. The molecule has 0 aliphatic carbocycles. The number of fused-ring (bicyclic) bond motifs is 1. The Hall–Kier alpha value is -3.46. The van der Waals surface area contributed by atoms with Crippen LogP contribution in [-0.2, 0) is 29.0 Å². The van der Waals surface area contributed by atoms with Crippen molar-refractivity contribution in [2.24, 2.45) is 0 Å². The fourth-order valence-electron chi connectivity index (χ4n) is 4.73. The van der Waals surface area contributed by atoms with E-state index in [4.69, 9.17) is 11.6 Å². The third-order valence-corrected chi connectivity index (χ3v) is 8.86. The van der Waals surface area contributed by atoms with E-state index in [1.165, 1.54) is 72.2 Å². The lowest BCUT2D eigenvalue weighted by atomic mass is 10.0. The summed E-state index contributed by atoms with van der Waals surface area (Å²) in [6.07, 6.45) is -5.04. The van der Waals surface area contributed by atoms with Crippen molar-refractivity contribution in [2.75, 3.05) is 12.4 Å². The first-order valence-corrected chi connectivity index (χ1v) is 14.9. The van der Waals surface area contributed by atoms with Gasteiger partial charge in [-0.25, -0.2) is 8.42 Å². The van der Waals surface area contributed by atoms with Gasteiger partial charge in [0.25, 0.3) is 11.9 Å². The number of amides is 1. The molecule has 3 aromatic carbocycles. The number of nitrogens with zero attached hydrogens (tertiary/aromatic N) is 1. The normalized spacial score (nSPS) is 13.3. The van der Waals surface area contributed by atoms with Crippen molar-refractivity contribution >= 4 is 38.2 Å². The molecule has 0 radical (unpaired) electrons. The molecule has 0 saturated heterocycles. The predicted molar refractivity (Wildman–Crippen MR) is 152 cm³/mol. The van der Waals surface area contributed by atoms with E-state index in [-0.39, 0.29) is 38.9 Å². The molecule has 0 aliphatic heterocycles. The second-order valence-electron chi connectivity index (χ2n) is 9.93. The molecule has 1 unspecified atom stereocenters. The first kappa shape index (κ1) is 32.5. The zero-order valence-corrected chi connectivity index (χ0v) is 24.2. The molecule has 5 N–H and O–H groups in total. The van der Waals surface area contributed by atoms with Crippen LogP contribution in [0.5, 0.6) is 0 Å². The van der Waals surface area contributed by atoms with Crippen LogP contribution in [0.2, 0.25) is 5.02 Å². The number of hydrogen-bond acceptors (Lipinski definition) is 7. The minimum Gasteiger partial charge on any atom is -0.394 e. The smallest absolute Gasteiger partial charge is 0.394 e. The Morgan fingerprint density at radius 2 is 1.67 bits per heavy atom. The Labute approximate surface area is 249 Å². The van der Waals surface area contributed by atoms with Gasteiger partial charge < -0.3 is 30.3 Å². The van der Waals surface area contributed by atoms with Gasteiger partial charge in [-0.05, 0) is 59.7 Å². The molecule has 9 nitrogen and oxygen atoms in total. The number of rotatable bonds is 10. The number of aromatic nitrogens is 1. The van der Waals surface area contributed by atoms with E-state index < -0.39 is 52.7 Å². The van der Waals surface area contributed by atoms with Crippen LogP contribution in [0.4, 0.5) is 13.2 Å². The zero-order chi connectivity index (χ0) is 31.7. The quantitative estimate of drug-likeness (QED) is 0.166. The summed E-state index contributed by atoms with van der Waals surface area (Å²) in [7, 11) is -3.44. The van der Waals surface area contributed by atoms with Gasteiger partial charge in [0.05, 0.1) is 28.9 Å². The molecule has 230 valence electrons. The van der Waals surface area contributed by atoms with Gasteiger partial charge in [0.15, 0.2) is 9.84 Å². The second kappa shape index (κ2) is 12.3. The minimum atomic E-state index is -4.72. The summed E-state index contributed by atoms with van der Waals surface area (Å²) in [6, 6.07) is 13.8. The van der Waals surface area contributed by atoms with Crippen LogP contribution in [0.1, 0.15) is 45.7 Å². The number of hydrogen-bond donors (Lipinski definition) is 5. The van der Waals surface area contributed by atoms with Gasteiger partial charge in [-0.1, -0.05) is 36.7 Å². The number of alkyl halides is 3. The second-order valence-corrected chi connectivity index (χ2v) is 12.6. The Morgan fingerprint density at radius 3 is 2.26 bits per heavy atom. The first-order valence-electron chi connectivity index (χ1n) is 12.9. The van der Waals surface area contributed by atoms with Crippen LogP contribution < -0.4 is 5.32 Å². The van der Waals surface area contributed by atoms with E-state index in [1.54, 1.807) is 0 Å². The molecule has 1 aromatic heterocycles.